The van der Waals surface area contributed by atoms with E-state index < -0.39 is 16.1 Å². The summed E-state index contributed by atoms with van der Waals surface area (Å²) in [6.07, 6.45) is 0. The predicted molar refractivity (Wildman–Crippen MR) is 94.2 cm³/mol. The van der Waals surface area contributed by atoms with Crippen molar-refractivity contribution >= 4 is 10.0 Å². The van der Waals surface area contributed by atoms with Gasteiger partial charge in [0.15, 0.2) is 0 Å². The Hall–Kier alpha value is -2.05. The largest absolute Gasteiger partial charge is 0.497 e. The molecule has 0 saturated heterocycles. The minimum absolute atomic E-state index is 0.288. The smallest absolute Gasteiger partial charge is 0.241 e. The molecule has 0 fully saturated rings. The molecule has 1 N–H and O–H groups in total. The van der Waals surface area contributed by atoms with Crippen molar-refractivity contribution in [2.75, 3.05) is 14.2 Å². The molecule has 2 rings (SSSR count). The van der Waals surface area contributed by atoms with Gasteiger partial charge < -0.3 is 9.47 Å². The average Bonchev–Trinajstić information content (AvgIpc) is 2.55. The van der Waals surface area contributed by atoms with E-state index in [0.29, 0.717) is 22.6 Å². The molecule has 0 saturated carbocycles. The Morgan fingerprint density at radius 1 is 1.00 bits per heavy atom. The lowest BCUT2D eigenvalue weighted by Crippen LogP contribution is -2.27. The number of hydrogen-bond acceptors (Lipinski definition) is 4. The molecular weight excluding hydrogens is 326 g/mol. The van der Waals surface area contributed by atoms with E-state index in [1.54, 1.807) is 58.4 Å². The van der Waals surface area contributed by atoms with Crippen LogP contribution < -0.4 is 14.2 Å². The Balaban J connectivity index is 2.38. The van der Waals surface area contributed by atoms with Crippen molar-refractivity contribution < 1.29 is 17.9 Å². The van der Waals surface area contributed by atoms with Crippen molar-refractivity contribution in [3.05, 3.63) is 53.1 Å². The summed E-state index contributed by atoms with van der Waals surface area (Å²) < 4.78 is 38.8. The summed E-state index contributed by atoms with van der Waals surface area (Å²) in [5, 5.41) is 0. The highest BCUT2D eigenvalue weighted by Gasteiger charge is 2.22. The van der Waals surface area contributed by atoms with Crippen molar-refractivity contribution in [1.29, 1.82) is 0 Å². The molecule has 2 aromatic rings. The molecule has 24 heavy (non-hydrogen) atoms. The maximum absolute atomic E-state index is 12.8. The highest BCUT2D eigenvalue weighted by atomic mass is 32.2. The van der Waals surface area contributed by atoms with Crippen molar-refractivity contribution in [1.82, 2.24) is 4.72 Å². The first-order chi connectivity index (χ1) is 11.3. The zero-order valence-electron chi connectivity index (χ0n) is 14.6. The maximum atomic E-state index is 12.8. The quantitative estimate of drug-likeness (QED) is 0.868. The fourth-order valence-electron chi connectivity index (χ4n) is 2.53. The molecule has 0 heterocycles. The Bertz CT molecular complexity index is 831. The monoisotopic (exact) mass is 349 g/mol. The summed E-state index contributed by atoms with van der Waals surface area (Å²) >= 11 is 0. The van der Waals surface area contributed by atoms with Crippen molar-refractivity contribution in [3.63, 3.8) is 0 Å². The van der Waals surface area contributed by atoms with E-state index >= 15 is 0 Å². The summed E-state index contributed by atoms with van der Waals surface area (Å²) in [6, 6.07) is 10.2. The summed E-state index contributed by atoms with van der Waals surface area (Å²) in [7, 11) is -0.533. The standard InChI is InChI=1S/C18H23NO4S/c1-12-6-7-13(2)18(10-12)24(20,21)19-14(3)16-11-15(22-4)8-9-17(16)23-5/h6-11,14,19H,1-5H3/t14-/m1/s1. The van der Waals surface area contributed by atoms with Gasteiger partial charge in [0.1, 0.15) is 11.5 Å². The first kappa shape index (κ1) is 18.3. The predicted octanol–water partition coefficient (Wildman–Crippen LogP) is 3.36. The first-order valence-corrected chi connectivity index (χ1v) is 9.08. The first-order valence-electron chi connectivity index (χ1n) is 7.60. The van der Waals surface area contributed by atoms with Crippen LogP contribution in [0.5, 0.6) is 11.5 Å². The normalized spacial score (nSPS) is 12.7. The van der Waals surface area contributed by atoms with E-state index in [4.69, 9.17) is 9.47 Å². The van der Waals surface area contributed by atoms with Gasteiger partial charge in [-0.3, -0.25) is 0 Å². The van der Waals surface area contributed by atoms with Gasteiger partial charge in [-0.2, -0.15) is 0 Å². The highest BCUT2D eigenvalue weighted by molar-refractivity contribution is 7.89. The maximum Gasteiger partial charge on any atom is 0.241 e. The molecule has 0 spiro atoms. The number of nitrogens with one attached hydrogen (secondary N) is 1. The van der Waals surface area contributed by atoms with Crippen LogP contribution >= 0.6 is 0 Å². The molecular formula is C18H23NO4S. The number of sulfonamides is 1. The molecule has 0 aliphatic carbocycles. The highest BCUT2D eigenvalue weighted by Crippen LogP contribution is 2.30. The second-order valence-electron chi connectivity index (χ2n) is 5.72. The van der Waals surface area contributed by atoms with E-state index in [1.165, 1.54) is 0 Å². The molecule has 130 valence electrons. The minimum atomic E-state index is -3.65. The lowest BCUT2D eigenvalue weighted by Gasteiger charge is -2.19. The Morgan fingerprint density at radius 2 is 1.71 bits per heavy atom. The van der Waals surface area contributed by atoms with Crippen molar-refractivity contribution in [2.45, 2.75) is 31.7 Å². The Kier molecular flexibility index (Phi) is 5.51. The topological polar surface area (TPSA) is 64.6 Å². The van der Waals surface area contributed by atoms with Gasteiger partial charge in [0.2, 0.25) is 10.0 Å². The van der Waals surface area contributed by atoms with Crippen LogP contribution in [0.15, 0.2) is 41.3 Å². The zero-order chi connectivity index (χ0) is 17.9. The number of aryl methyl sites for hydroxylation is 2. The molecule has 0 aromatic heterocycles. The number of methoxy groups -OCH3 is 2. The second kappa shape index (κ2) is 7.23. The lowest BCUT2D eigenvalue weighted by atomic mass is 10.1. The molecule has 5 nitrogen and oxygen atoms in total. The van der Waals surface area contributed by atoms with E-state index in [2.05, 4.69) is 4.72 Å². The van der Waals surface area contributed by atoms with Crippen LogP contribution in [0.4, 0.5) is 0 Å². The van der Waals surface area contributed by atoms with Gasteiger partial charge in [0.25, 0.3) is 0 Å². The number of rotatable bonds is 6. The van der Waals surface area contributed by atoms with Gasteiger partial charge in [0, 0.05) is 11.6 Å². The Labute approximate surface area is 143 Å². The van der Waals surface area contributed by atoms with Gasteiger partial charge in [-0.1, -0.05) is 12.1 Å². The van der Waals surface area contributed by atoms with Crippen LogP contribution in [-0.4, -0.2) is 22.6 Å². The fourth-order valence-corrected chi connectivity index (χ4v) is 4.09. The molecule has 1 atom stereocenters. The third-order valence-corrected chi connectivity index (χ3v) is 5.55. The third-order valence-electron chi connectivity index (χ3n) is 3.87. The van der Waals surface area contributed by atoms with Gasteiger partial charge >= 0.3 is 0 Å². The number of benzene rings is 2. The number of hydrogen-bond donors (Lipinski definition) is 1. The van der Waals surface area contributed by atoms with Crippen LogP contribution in [0.1, 0.15) is 29.7 Å². The fraction of sp³-hybridized carbons (Fsp3) is 0.333. The second-order valence-corrected chi connectivity index (χ2v) is 7.40. The molecule has 0 amide bonds. The summed E-state index contributed by atoms with van der Waals surface area (Å²) in [4.78, 5) is 0.288. The zero-order valence-corrected chi connectivity index (χ0v) is 15.4. The van der Waals surface area contributed by atoms with Gasteiger partial charge in [0.05, 0.1) is 19.1 Å². The summed E-state index contributed by atoms with van der Waals surface area (Å²) in [5.74, 6) is 1.25. The third kappa shape index (κ3) is 3.88. The van der Waals surface area contributed by atoms with Crippen LogP contribution in [0, 0.1) is 13.8 Å². The molecule has 0 bridgehead atoms. The molecule has 0 aliphatic rings. The molecule has 0 unspecified atom stereocenters. The lowest BCUT2D eigenvalue weighted by molar-refractivity contribution is 0.395. The van der Waals surface area contributed by atoms with Crippen molar-refractivity contribution in [3.8, 4) is 11.5 Å². The average molecular weight is 349 g/mol. The van der Waals surface area contributed by atoms with E-state index in [-0.39, 0.29) is 4.90 Å². The van der Waals surface area contributed by atoms with Crippen LogP contribution in [-0.2, 0) is 10.0 Å². The van der Waals surface area contributed by atoms with Crippen LogP contribution in [0.3, 0.4) is 0 Å². The van der Waals surface area contributed by atoms with Crippen LogP contribution in [0.25, 0.3) is 0 Å². The van der Waals surface area contributed by atoms with Crippen molar-refractivity contribution in [2.24, 2.45) is 0 Å². The van der Waals surface area contributed by atoms with E-state index in [0.717, 1.165) is 5.56 Å². The van der Waals surface area contributed by atoms with Crippen LogP contribution in [0.2, 0.25) is 0 Å². The molecule has 0 aliphatic heterocycles. The Morgan fingerprint density at radius 3 is 2.33 bits per heavy atom. The number of ether oxygens (including phenoxy) is 2. The van der Waals surface area contributed by atoms with Gasteiger partial charge in [-0.05, 0) is 56.2 Å². The SMILES string of the molecule is COc1ccc(OC)c([C@@H](C)NS(=O)(=O)c2cc(C)ccc2C)c1. The molecule has 0 radical (unpaired) electrons. The molecule has 2 aromatic carbocycles. The van der Waals surface area contributed by atoms with E-state index in [1.807, 2.05) is 13.0 Å². The van der Waals surface area contributed by atoms with Gasteiger partial charge in [-0.15, -0.1) is 0 Å². The van der Waals surface area contributed by atoms with Gasteiger partial charge in [-0.25, -0.2) is 13.1 Å². The summed E-state index contributed by atoms with van der Waals surface area (Å²) in [6.45, 7) is 5.43. The summed E-state index contributed by atoms with van der Waals surface area (Å²) in [5.41, 5.74) is 2.32. The minimum Gasteiger partial charge on any atom is -0.497 e. The van der Waals surface area contributed by atoms with E-state index in [9.17, 15) is 8.42 Å². The molecule has 6 heteroatoms.